The normalized spacial score (nSPS) is 13.4. The van der Waals surface area contributed by atoms with E-state index in [0.29, 0.717) is 5.56 Å². The van der Waals surface area contributed by atoms with E-state index in [9.17, 15) is 17.6 Å². The van der Waals surface area contributed by atoms with Crippen molar-refractivity contribution in [1.29, 1.82) is 0 Å². The summed E-state index contributed by atoms with van der Waals surface area (Å²) >= 11 is 0. The average Bonchev–Trinajstić information content (AvgIpc) is 2.27. The summed E-state index contributed by atoms with van der Waals surface area (Å²) in [6, 6.07) is 3.53. The van der Waals surface area contributed by atoms with Crippen molar-refractivity contribution in [3.8, 4) is 5.75 Å². The van der Waals surface area contributed by atoms with Crippen molar-refractivity contribution in [2.24, 2.45) is 0 Å². The number of nitrogens with one attached hydrogen (secondary N) is 1. The molecule has 3 nitrogen and oxygen atoms in total. The zero-order valence-corrected chi connectivity index (χ0v) is 9.84. The van der Waals surface area contributed by atoms with Crippen LogP contribution >= 0.6 is 0 Å². The van der Waals surface area contributed by atoms with Crippen molar-refractivity contribution in [3.05, 3.63) is 29.6 Å². The second-order valence-corrected chi connectivity index (χ2v) is 3.64. The zero-order valence-electron chi connectivity index (χ0n) is 9.84. The molecule has 0 aliphatic carbocycles. The Bertz CT molecular complexity index is 395. The molecule has 0 fully saturated rings. The summed E-state index contributed by atoms with van der Waals surface area (Å²) in [6.45, 7) is 0.146. The van der Waals surface area contributed by atoms with Gasteiger partial charge in [0.15, 0.2) is 18.2 Å². The van der Waals surface area contributed by atoms with E-state index in [1.54, 1.807) is 6.92 Å². The summed E-state index contributed by atoms with van der Waals surface area (Å²) in [5, 5.41) is 0. The SMILES string of the molecule is COc1ccc(C(C)NOCC(F)(F)F)cc1F. The van der Waals surface area contributed by atoms with Gasteiger partial charge < -0.3 is 4.74 Å². The van der Waals surface area contributed by atoms with Crippen molar-refractivity contribution in [2.75, 3.05) is 13.7 Å². The molecule has 0 radical (unpaired) electrons. The molecular weight excluding hydrogens is 254 g/mol. The fourth-order valence-electron chi connectivity index (χ4n) is 1.27. The molecule has 18 heavy (non-hydrogen) atoms. The molecule has 0 aromatic heterocycles. The first-order chi connectivity index (χ1) is 8.33. The Balaban J connectivity index is 2.56. The number of rotatable bonds is 5. The highest BCUT2D eigenvalue weighted by Gasteiger charge is 2.28. The number of ether oxygens (including phenoxy) is 1. The van der Waals surface area contributed by atoms with Gasteiger partial charge in [0.2, 0.25) is 0 Å². The van der Waals surface area contributed by atoms with Gasteiger partial charge in [0.25, 0.3) is 0 Å². The molecule has 0 aliphatic heterocycles. The third-order valence-electron chi connectivity index (χ3n) is 2.17. The van der Waals surface area contributed by atoms with Crippen LogP contribution in [0.5, 0.6) is 5.75 Å². The van der Waals surface area contributed by atoms with Gasteiger partial charge in [0.05, 0.1) is 13.2 Å². The standard InChI is InChI=1S/C11H13F4NO2/c1-7(16-18-6-11(13,14)15)8-3-4-10(17-2)9(12)5-8/h3-5,7,16H,6H2,1-2H3. The summed E-state index contributed by atoms with van der Waals surface area (Å²) in [4.78, 5) is 4.28. The minimum absolute atomic E-state index is 0.0714. The fraction of sp³-hybridized carbons (Fsp3) is 0.455. The lowest BCUT2D eigenvalue weighted by molar-refractivity contribution is -0.192. The smallest absolute Gasteiger partial charge is 0.413 e. The molecule has 1 rings (SSSR count). The summed E-state index contributed by atoms with van der Waals surface area (Å²) < 4.78 is 53.6. The third kappa shape index (κ3) is 4.50. The molecule has 0 aliphatic rings. The molecule has 1 N–H and O–H groups in total. The van der Waals surface area contributed by atoms with Gasteiger partial charge in [0.1, 0.15) is 0 Å². The molecule has 0 spiro atoms. The van der Waals surface area contributed by atoms with Crippen LogP contribution in [0.1, 0.15) is 18.5 Å². The largest absolute Gasteiger partial charge is 0.494 e. The molecule has 1 aromatic carbocycles. The van der Waals surface area contributed by atoms with Crippen LogP contribution in [0.2, 0.25) is 0 Å². The topological polar surface area (TPSA) is 30.5 Å². The van der Waals surface area contributed by atoms with Crippen molar-refractivity contribution < 1.29 is 27.1 Å². The highest BCUT2D eigenvalue weighted by molar-refractivity contribution is 5.30. The van der Waals surface area contributed by atoms with E-state index in [4.69, 9.17) is 4.74 Å². The van der Waals surface area contributed by atoms with Crippen LogP contribution in [0, 0.1) is 5.82 Å². The van der Waals surface area contributed by atoms with Gasteiger partial charge in [-0.25, -0.2) is 4.39 Å². The average molecular weight is 267 g/mol. The summed E-state index contributed by atoms with van der Waals surface area (Å²) in [7, 11) is 1.33. The predicted molar refractivity (Wildman–Crippen MR) is 56.5 cm³/mol. The molecule has 0 amide bonds. The minimum atomic E-state index is -4.40. The summed E-state index contributed by atoms with van der Waals surface area (Å²) in [5.41, 5.74) is 2.65. The van der Waals surface area contributed by atoms with Gasteiger partial charge in [-0.15, -0.1) is 0 Å². The van der Waals surface area contributed by atoms with E-state index < -0.39 is 24.6 Å². The first-order valence-electron chi connectivity index (χ1n) is 5.11. The first kappa shape index (κ1) is 14.7. The second kappa shape index (κ2) is 6.01. The van der Waals surface area contributed by atoms with Crippen molar-refractivity contribution in [3.63, 3.8) is 0 Å². The van der Waals surface area contributed by atoms with Crippen LogP contribution in [0.4, 0.5) is 17.6 Å². The lowest BCUT2D eigenvalue weighted by Crippen LogP contribution is -2.26. The van der Waals surface area contributed by atoms with E-state index in [1.165, 1.54) is 25.3 Å². The summed E-state index contributed by atoms with van der Waals surface area (Å²) in [5.74, 6) is -0.512. The number of hydrogen-bond acceptors (Lipinski definition) is 3. The Morgan fingerprint density at radius 3 is 2.50 bits per heavy atom. The monoisotopic (exact) mass is 267 g/mol. The Morgan fingerprint density at radius 2 is 2.00 bits per heavy atom. The van der Waals surface area contributed by atoms with Crippen molar-refractivity contribution in [2.45, 2.75) is 19.1 Å². The molecule has 1 unspecified atom stereocenters. The maximum atomic E-state index is 13.3. The van der Waals surface area contributed by atoms with Crippen LogP contribution in [-0.4, -0.2) is 19.9 Å². The van der Waals surface area contributed by atoms with E-state index in [0.717, 1.165) is 0 Å². The number of benzene rings is 1. The van der Waals surface area contributed by atoms with Crippen molar-refractivity contribution >= 4 is 0 Å². The van der Waals surface area contributed by atoms with Gasteiger partial charge >= 0.3 is 6.18 Å². The number of hydroxylamine groups is 1. The molecule has 0 saturated carbocycles. The maximum absolute atomic E-state index is 13.3. The summed E-state index contributed by atoms with van der Waals surface area (Å²) in [6.07, 6.45) is -4.40. The van der Waals surface area contributed by atoms with Crippen LogP contribution in [0.25, 0.3) is 0 Å². The first-order valence-corrected chi connectivity index (χ1v) is 5.11. The van der Waals surface area contributed by atoms with Gasteiger partial charge in [0, 0.05) is 0 Å². The number of alkyl halides is 3. The molecule has 0 bridgehead atoms. The van der Waals surface area contributed by atoms with Gasteiger partial charge in [-0.05, 0) is 24.6 Å². The molecular formula is C11H13F4NO2. The second-order valence-electron chi connectivity index (χ2n) is 3.64. The Morgan fingerprint density at radius 1 is 1.33 bits per heavy atom. The molecule has 1 atom stereocenters. The van der Waals surface area contributed by atoms with E-state index >= 15 is 0 Å². The Kier molecular flexibility index (Phi) is 4.92. The molecule has 0 heterocycles. The Labute approximate surface area is 102 Å². The Hall–Kier alpha value is -1.34. The molecule has 0 saturated heterocycles. The van der Waals surface area contributed by atoms with E-state index in [2.05, 4.69) is 10.3 Å². The molecule has 102 valence electrons. The number of methoxy groups -OCH3 is 1. The van der Waals surface area contributed by atoms with Gasteiger partial charge in [-0.2, -0.15) is 18.7 Å². The maximum Gasteiger partial charge on any atom is 0.413 e. The van der Waals surface area contributed by atoms with Gasteiger partial charge in [-0.3, -0.25) is 4.84 Å². The quantitative estimate of drug-likeness (QED) is 0.657. The fourth-order valence-corrected chi connectivity index (χ4v) is 1.27. The van der Waals surface area contributed by atoms with Crippen molar-refractivity contribution in [1.82, 2.24) is 5.48 Å². The number of halogens is 4. The van der Waals surface area contributed by atoms with Gasteiger partial charge in [-0.1, -0.05) is 6.07 Å². The van der Waals surface area contributed by atoms with Crippen LogP contribution in [0.3, 0.4) is 0 Å². The third-order valence-corrected chi connectivity index (χ3v) is 2.17. The van der Waals surface area contributed by atoms with Crippen LogP contribution in [0.15, 0.2) is 18.2 Å². The molecule has 1 aromatic rings. The zero-order chi connectivity index (χ0) is 13.8. The lowest BCUT2D eigenvalue weighted by atomic mass is 10.1. The highest BCUT2D eigenvalue weighted by Crippen LogP contribution is 2.22. The highest BCUT2D eigenvalue weighted by atomic mass is 19.4. The van der Waals surface area contributed by atoms with E-state index in [-0.39, 0.29) is 5.75 Å². The van der Waals surface area contributed by atoms with E-state index in [1.807, 2.05) is 0 Å². The van der Waals surface area contributed by atoms with Crippen LogP contribution < -0.4 is 10.2 Å². The lowest BCUT2D eigenvalue weighted by Gasteiger charge is -2.15. The minimum Gasteiger partial charge on any atom is -0.494 e. The predicted octanol–water partition coefficient (Wildman–Crippen LogP) is 2.98. The van der Waals surface area contributed by atoms with Crippen LogP contribution in [-0.2, 0) is 4.84 Å². The molecule has 7 heteroatoms. The number of hydrogen-bond donors (Lipinski definition) is 1.